The number of hydrogen-bond acceptors (Lipinski definition) is 2. The average molecular weight is 317 g/mol. The fourth-order valence-corrected chi connectivity index (χ4v) is 2.44. The van der Waals surface area contributed by atoms with Gasteiger partial charge in [0, 0.05) is 5.56 Å². The molecule has 0 fully saturated rings. The second-order valence-corrected chi connectivity index (χ2v) is 5.56. The number of H-pyrrole nitrogens is 1. The summed E-state index contributed by atoms with van der Waals surface area (Å²) in [5.74, 6) is 1.03. The molecule has 0 aliphatic rings. The van der Waals surface area contributed by atoms with Gasteiger partial charge in [0.25, 0.3) is 0 Å². The van der Waals surface area contributed by atoms with Crippen molar-refractivity contribution in [1.82, 2.24) is 9.97 Å². The largest absolute Gasteiger partial charge is 0.507 e. The van der Waals surface area contributed by atoms with E-state index in [-0.39, 0.29) is 5.75 Å². The summed E-state index contributed by atoms with van der Waals surface area (Å²) < 4.78 is 0.665. The van der Waals surface area contributed by atoms with E-state index in [0.717, 1.165) is 22.4 Å². The van der Waals surface area contributed by atoms with Gasteiger partial charge in [-0.25, -0.2) is 4.98 Å². The normalized spacial score (nSPS) is 11.1. The summed E-state index contributed by atoms with van der Waals surface area (Å²) in [6.07, 6.45) is 0. The molecule has 0 unspecified atom stereocenters. The maximum Gasteiger partial charge on any atom is 0.138 e. The fraction of sp³-hybridized carbons (Fsp3) is 0.133. The number of hydrogen-bond donors (Lipinski definition) is 2. The van der Waals surface area contributed by atoms with Gasteiger partial charge in [-0.15, -0.1) is 0 Å². The monoisotopic (exact) mass is 316 g/mol. The first-order valence-electron chi connectivity index (χ1n) is 6.00. The number of aromatic hydroxyl groups is 1. The third-order valence-corrected chi connectivity index (χ3v) is 3.95. The van der Waals surface area contributed by atoms with E-state index in [2.05, 4.69) is 51.9 Å². The highest BCUT2D eigenvalue weighted by Crippen LogP contribution is 2.29. The molecule has 0 aliphatic heterocycles. The number of aromatic amines is 1. The molecule has 1 heterocycles. The average Bonchev–Trinajstić information content (AvgIpc) is 2.76. The Labute approximate surface area is 119 Å². The van der Waals surface area contributed by atoms with Gasteiger partial charge in [0.15, 0.2) is 0 Å². The van der Waals surface area contributed by atoms with Gasteiger partial charge in [0.1, 0.15) is 11.6 Å². The van der Waals surface area contributed by atoms with Gasteiger partial charge in [-0.3, -0.25) is 0 Å². The lowest BCUT2D eigenvalue weighted by Gasteiger charge is -1.99. The van der Waals surface area contributed by atoms with Crippen molar-refractivity contribution in [3.8, 4) is 17.1 Å². The van der Waals surface area contributed by atoms with E-state index in [4.69, 9.17) is 0 Å². The lowest BCUT2D eigenvalue weighted by atomic mass is 10.1. The fourth-order valence-electron chi connectivity index (χ4n) is 2.06. The molecule has 4 heteroatoms. The van der Waals surface area contributed by atoms with Gasteiger partial charge in [-0.1, -0.05) is 0 Å². The molecule has 0 saturated heterocycles. The van der Waals surface area contributed by atoms with Crippen LogP contribution in [0.1, 0.15) is 11.1 Å². The topological polar surface area (TPSA) is 48.9 Å². The van der Waals surface area contributed by atoms with Crippen LogP contribution >= 0.6 is 15.9 Å². The molecule has 0 radical (unpaired) electrons. The summed E-state index contributed by atoms with van der Waals surface area (Å²) in [6.45, 7) is 4.17. The predicted octanol–water partition coefficient (Wildman–Crippen LogP) is 4.31. The van der Waals surface area contributed by atoms with Gasteiger partial charge < -0.3 is 10.1 Å². The SMILES string of the molecule is Cc1cc2nc(-c3ccc(O)c(Br)c3)[nH]c2cc1C. The van der Waals surface area contributed by atoms with Crippen LogP contribution in [0.4, 0.5) is 0 Å². The summed E-state index contributed by atoms with van der Waals surface area (Å²) >= 11 is 3.32. The smallest absolute Gasteiger partial charge is 0.138 e. The van der Waals surface area contributed by atoms with Crippen molar-refractivity contribution in [3.05, 3.63) is 45.9 Å². The molecule has 0 amide bonds. The molecule has 0 bridgehead atoms. The summed E-state index contributed by atoms with van der Waals surface area (Å²) in [7, 11) is 0. The zero-order valence-corrected chi connectivity index (χ0v) is 12.2. The van der Waals surface area contributed by atoms with Gasteiger partial charge in [0.2, 0.25) is 0 Å². The molecule has 0 saturated carbocycles. The number of nitrogens with zero attached hydrogens (tertiary/aromatic N) is 1. The molecule has 2 aromatic carbocycles. The van der Waals surface area contributed by atoms with Crippen molar-refractivity contribution >= 4 is 27.0 Å². The first kappa shape index (κ1) is 12.2. The molecular weight excluding hydrogens is 304 g/mol. The van der Waals surface area contributed by atoms with Gasteiger partial charge in [-0.05, 0) is 71.2 Å². The zero-order chi connectivity index (χ0) is 13.6. The van der Waals surface area contributed by atoms with E-state index in [1.165, 1.54) is 11.1 Å². The summed E-state index contributed by atoms with van der Waals surface area (Å²) in [5.41, 5.74) is 5.41. The van der Waals surface area contributed by atoms with Gasteiger partial charge in [0.05, 0.1) is 15.5 Å². The van der Waals surface area contributed by atoms with Crippen molar-refractivity contribution in [1.29, 1.82) is 0 Å². The number of aryl methyl sites for hydroxylation is 2. The zero-order valence-electron chi connectivity index (χ0n) is 10.7. The molecule has 0 spiro atoms. The van der Waals surface area contributed by atoms with E-state index < -0.39 is 0 Å². The highest BCUT2D eigenvalue weighted by atomic mass is 79.9. The van der Waals surface area contributed by atoms with Crippen molar-refractivity contribution in [2.75, 3.05) is 0 Å². The molecular formula is C15H13BrN2O. The minimum atomic E-state index is 0.228. The third kappa shape index (κ3) is 2.12. The van der Waals surface area contributed by atoms with Gasteiger partial charge >= 0.3 is 0 Å². The van der Waals surface area contributed by atoms with E-state index in [1.807, 2.05) is 12.1 Å². The lowest BCUT2D eigenvalue weighted by molar-refractivity contribution is 0.472. The predicted molar refractivity (Wildman–Crippen MR) is 80.4 cm³/mol. The Kier molecular flexibility index (Phi) is 2.82. The third-order valence-electron chi connectivity index (χ3n) is 3.32. The molecule has 0 atom stereocenters. The van der Waals surface area contributed by atoms with Gasteiger partial charge in [-0.2, -0.15) is 0 Å². The Morgan fingerprint density at radius 2 is 1.84 bits per heavy atom. The van der Waals surface area contributed by atoms with Crippen molar-refractivity contribution in [2.45, 2.75) is 13.8 Å². The number of phenols is 1. The van der Waals surface area contributed by atoms with E-state index >= 15 is 0 Å². The van der Waals surface area contributed by atoms with Crippen molar-refractivity contribution < 1.29 is 5.11 Å². The van der Waals surface area contributed by atoms with Crippen molar-refractivity contribution in [3.63, 3.8) is 0 Å². The summed E-state index contributed by atoms with van der Waals surface area (Å²) in [4.78, 5) is 7.91. The molecule has 2 N–H and O–H groups in total. The van der Waals surface area contributed by atoms with Crippen LogP contribution in [0, 0.1) is 13.8 Å². The first-order valence-corrected chi connectivity index (χ1v) is 6.80. The quantitative estimate of drug-likeness (QED) is 0.702. The van der Waals surface area contributed by atoms with Crippen LogP contribution < -0.4 is 0 Å². The maximum atomic E-state index is 9.53. The van der Waals surface area contributed by atoms with Crippen molar-refractivity contribution in [2.24, 2.45) is 0 Å². The molecule has 96 valence electrons. The number of fused-ring (bicyclic) bond motifs is 1. The summed E-state index contributed by atoms with van der Waals surface area (Å²) in [6, 6.07) is 9.55. The second-order valence-electron chi connectivity index (χ2n) is 4.71. The minimum Gasteiger partial charge on any atom is -0.507 e. The molecule has 3 rings (SSSR count). The second kappa shape index (κ2) is 4.38. The maximum absolute atomic E-state index is 9.53. The van der Waals surface area contributed by atoms with Crippen LogP contribution in [0.5, 0.6) is 5.75 Å². The van der Waals surface area contributed by atoms with E-state index in [0.29, 0.717) is 4.47 Å². The number of aromatic nitrogens is 2. The first-order chi connectivity index (χ1) is 9.04. The Balaban J connectivity index is 2.17. The number of phenolic OH excluding ortho intramolecular Hbond substituents is 1. The Hall–Kier alpha value is -1.81. The lowest BCUT2D eigenvalue weighted by Crippen LogP contribution is -1.80. The Morgan fingerprint density at radius 3 is 2.58 bits per heavy atom. The highest BCUT2D eigenvalue weighted by Gasteiger charge is 2.08. The highest BCUT2D eigenvalue weighted by molar-refractivity contribution is 9.10. The number of rotatable bonds is 1. The van der Waals surface area contributed by atoms with Crippen LogP contribution in [0.3, 0.4) is 0 Å². The van der Waals surface area contributed by atoms with Crippen LogP contribution in [0.2, 0.25) is 0 Å². The molecule has 1 aromatic heterocycles. The van der Waals surface area contributed by atoms with Crippen LogP contribution in [0.15, 0.2) is 34.8 Å². The van der Waals surface area contributed by atoms with E-state index in [1.54, 1.807) is 6.07 Å². The molecule has 19 heavy (non-hydrogen) atoms. The minimum absolute atomic E-state index is 0.228. The Bertz CT molecular complexity index is 738. The number of imidazole rings is 1. The molecule has 0 aliphatic carbocycles. The number of benzene rings is 2. The van der Waals surface area contributed by atoms with E-state index in [9.17, 15) is 5.11 Å². The Morgan fingerprint density at radius 1 is 1.11 bits per heavy atom. The molecule has 3 nitrogen and oxygen atoms in total. The molecule has 3 aromatic rings. The number of nitrogens with one attached hydrogen (secondary N) is 1. The van der Waals surface area contributed by atoms with Crippen LogP contribution in [-0.4, -0.2) is 15.1 Å². The van der Waals surface area contributed by atoms with Crippen LogP contribution in [0.25, 0.3) is 22.4 Å². The standard InChI is InChI=1S/C15H13BrN2O/c1-8-5-12-13(6-9(8)2)18-15(17-12)10-3-4-14(19)11(16)7-10/h3-7,19H,1-2H3,(H,17,18). The van der Waals surface area contributed by atoms with Crippen LogP contribution in [-0.2, 0) is 0 Å². The summed E-state index contributed by atoms with van der Waals surface area (Å²) in [5, 5.41) is 9.53. The number of halogens is 1.